The average Bonchev–Trinajstić information content (AvgIpc) is 3.41. The first-order valence-corrected chi connectivity index (χ1v) is 14.8. The fourth-order valence-electron chi connectivity index (χ4n) is 6.47. The van der Waals surface area contributed by atoms with E-state index in [0.29, 0.717) is 17.8 Å². The highest BCUT2D eigenvalue weighted by Crippen LogP contribution is 2.50. The molecule has 2 saturated heterocycles. The fourth-order valence-corrected chi connectivity index (χ4v) is 6.47. The first-order chi connectivity index (χ1) is 17.3. The molecule has 0 aromatic carbocycles. The summed E-state index contributed by atoms with van der Waals surface area (Å²) in [6.45, 7) is 7.83. The second-order valence-electron chi connectivity index (χ2n) is 11.2. The van der Waals surface area contributed by atoms with Gasteiger partial charge in [0.15, 0.2) is 12.6 Å². The van der Waals surface area contributed by atoms with Crippen LogP contribution in [0.2, 0.25) is 0 Å². The summed E-state index contributed by atoms with van der Waals surface area (Å²) < 4.78 is 25.0. The predicted octanol–water partition coefficient (Wildman–Crippen LogP) is 7.89. The Kier molecular flexibility index (Phi) is 11.4. The molecule has 4 nitrogen and oxygen atoms in total. The minimum absolute atomic E-state index is 0.0215. The third-order valence-corrected chi connectivity index (χ3v) is 8.40. The van der Waals surface area contributed by atoms with Crippen molar-refractivity contribution >= 4 is 0 Å². The first-order valence-electron chi connectivity index (χ1n) is 14.8. The van der Waals surface area contributed by atoms with Gasteiger partial charge in [0.05, 0.1) is 12.2 Å². The van der Waals surface area contributed by atoms with E-state index in [9.17, 15) is 0 Å². The molecule has 2 heterocycles. The summed E-state index contributed by atoms with van der Waals surface area (Å²) >= 11 is 0. The Morgan fingerprint density at radius 3 is 2.57 bits per heavy atom. The minimum Gasteiger partial charge on any atom is -0.353 e. The molecule has 4 rings (SSSR count). The summed E-state index contributed by atoms with van der Waals surface area (Å²) in [5.74, 6) is 1.72. The summed E-state index contributed by atoms with van der Waals surface area (Å²) in [6, 6.07) is 0. The van der Waals surface area contributed by atoms with Crippen molar-refractivity contribution in [1.82, 2.24) is 0 Å². The zero-order valence-electron chi connectivity index (χ0n) is 22.2. The summed E-state index contributed by atoms with van der Waals surface area (Å²) in [7, 11) is 0. The molecule has 0 N–H and O–H groups in total. The normalized spacial score (nSPS) is 34.1. The van der Waals surface area contributed by atoms with Gasteiger partial charge in [-0.1, -0.05) is 56.1 Å². The van der Waals surface area contributed by atoms with Gasteiger partial charge in [-0.25, -0.2) is 0 Å². The second-order valence-corrected chi connectivity index (χ2v) is 11.2. The SMILES string of the molecule is C=CCCCC1=C[C@H]2C[C@@H](OC3CCCCO3)[C@@H](/C=C\[C@H](CCCCC)OC3CCCCO3)[C@H]2C1. The maximum absolute atomic E-state index is 6.63. The number of fused-ring (bicyclic) bond motifs is 1. The van der Waals surface area contributed by atoms with Crippen LogP contribution in [0.4, 0.5) is 0 Å². The zero-order chi connectivity index (χ0) is 24.3. The molecule has 4 heteroatoms. The van der Waals surface area contributed by atoms with E-state index in [4.69, 9.17) is 18.9 Å². The van der Waals surface area contributed by atoms with Crippen LogP contribution in [0.15, 0.2) is 36.5 Å². The van der Waals surface area contributed by atoms with Crippen LogP contribution in [0.1, 0.15) is 103 Å². The molecule has 0 aromatic heterocycles. The zero-order valence-corrected chi connectivity index (χ0v) is 22.2. The number of unbranched alkanes of at least 4 members (excludes halogenated alkanes) is 3. The van der Waals surface area contributed by atoms with Gasteiger partial charge in [0.2, 0.25) is 0 Å². The van der Waals surface area contributed by atoms with Gasteiger partial charge in [-0.05, 0) is 88.9 Å². The Labute approximate surface area is 214 Å². The highest BCUT2D eigenvalue weighted by Gasteiger charge is 2.45. The Morgan fingerprint density at radius 2 is 1.86 bits per heavy atom. The quantitative estimate of drug-likeness (QED) is 0.185. The van der Waals surface area contributed by atoms with E-state index in [1.165, 1.54) is 51.4 Å². The van der Waals surface area contributed by atoms with E-state index < -0.39 is 0 Å². The second kappa shape index (κ2) is 14.7. The molecule has 7 atom stereocenters. The van der Waals surface area contributed by atoms with Crippen molar-refractivity contribution < 1.29 is 18.9 Å². The third kappa shape index (κ3) is 8.28. The highest BCUT2D eigenvalue weighted by atomic mass is 16.7. The molecule has 2 aliphatic heterocycles. The Morgan fingerprint density at radius 1 is 1.06 bits per heavy atom. The van der Waals surface area contributed by atoms with Crippen molar-refractivity contribution in [3.05, 3.63) is 36.5 Å². The van der Waals surface area contributed by atoms with E-state index in [0.717, 1.165) is 58.2 Å². The summed E-state index contributed by atoms with van der Waals surface area (Å²) in [6.07, 6.45) is 27.3. The topological polar surface area (TPSA) is 36.9 Å². The van der Waals surface area contributed by atoms with Gasteiger partial charge in [0, 0.05) is 19.1 Å². The van der Waals surface area contributed by atoms with Gasteiger partial charge in [-0.15, -0.1) is 6.58 Å². The van der Waals surface area contributed by atoms with Crippen LogP contribution in [0, 0.1) is 17.8 Å². The predicted molar refractivity (Wildman–Crippen MR) is 142 cm³/mol. The molecule has 198 valence electrons. The van der Waals surface area contributed by atoms with Crippen LogP contribution in [0.25, 0.3) is 0 Å². The lowest BCUT2D eigenvalue weighted by Crippen LogP contribution is -2.31. The number of hydrogen-bond donors (Lipinski definition) is 0. The van der Waals surface area contributed by atoms with Crippen molar-refractivity contribution in [1.29, 1.82) is 0 Å². The molecule has 3 fully saturated rings. The molecule has 1 saturated carbocycles. The molecule has 0 bridgehead atoms. The van der Waals surface area contributed by atoms with Crippen LogP contribution in [0.3, 0.4) is 0 Å². The highest BCUT2D eigenvalue weighted by molar-refractivity contribution is 5.21. The Balaban J connectivity index is 1.42. The number of allylic oxidation sites excluding steroid dienone is 3. The monoisotopic (exact) mass is 486 g/mol. The molecule has 4 aliphatic rings. The van der Waals surface area contributed by atoms with Crippen LogP contribution in [-0.2, 0) is 18.9 Å². The van der Waals surface area contributed by atoms with E-state index in [2.05, 4.69) is 31.7 Å². The van der Waals surface area contributed by atoms with Crippen molar-refractivity contribution in [3.8, 4) is 0 Å². The molecule has 2 aliphatic carbocycles. The van der Waals surface area contributed by atoms with Gasteiger partial charge in [-0.3, -0.25) is 0 Å². The summed E-state index contributed by atoms with van der Waals surface area (Å²) in [5, 5.41) is 0. The minimum atomic E-state index is -0.0383. The van der Waals surface area contributed by atoms with Crippen molar-refractivity contribution in [2.75, 3.05) is 13.2 Å². The van der Waals surface area contributed by atoms with Crippen molar-refractivity contribution in [2.45, 2.75) is 128 Å². The first kappa shape index (κ1) is 27.1. The molecule has 0 amide bonds. The number of ether oxygens (including phenoxy) is 4. The Bertz CT molecular complexity index is 673. The standard InChI is InChI=1S/C31H50O4/c1-3-5-7-13-24-21-25-23-29(35-31-16-10-12-20-33-31)27(28(25)22-24)18-17-26(14-8-6-4-2)34-30-15-9-11-19-32-30/h3,17-18,21,25-31H,1,4-16,19-20,22-23H2,2H3/b18-17-/t25-,26-,27-,28-,29+,30?,31?/m0/s1. The largest absolute Gasteiger partial charge is 0.353 e. The van der Waals surface area contributed by atoms with Gasteiger partial charge >= 0.3 is 0 Å². The lowest BCUT2D eigenvalue weighted by molar-refractivity contribution is -0.193. The molecule has 2 unspecified atom stereocenters. The molecular formula is C31H50O4. The summed E-state index contributed by atoms with van der Waals surface area (Å²) in [5.41, 5.74) is 1.65. The van der Waals surface area contributed by atoms with Crippen LogP contribution in [-0.4, -0.2) is 38.0 Å². The molecule has 0 spiro atoms. The van der Waals surface area contributed by atoms with E-state index >= 15 is 0 Å². The molecule has 35 heavy (non-hydrogen) atoms. The van der Waals surface area contributed by atoms with Crippen LogP contribution < -0.4 is 0 Å². The molecular weight excluding hydrogens is 436 g/mol. The van der Waals surface area contributed by atoms with Gasteiger partial charge < -0.3 is 18.9 Å². The number of hydrogen-bond acceptors (Lipinski definition) is 4. The lowest BCUT2D eigenvalue weighted by Gasteiger charge is -2.30. The van der Waals surface area contributed by atoms with E-state index in [-0.39, 0.29) is 24.8 Å². The van der Waals surface area contributed by atoms with Gasteiger partial charge in [0.25, 0.3) is 0 Å². The van der Waals surface area contributed by atoms with E-state index in [1.807, 2.05) is 6.08 Å². The smallest absolute Gasteiger partial charge is 0.158 e. The van der Waals surface area contributed by atoms with Crippen molar-refractivity contribution in [3.63, 3.8) is 0 Å². The lowest BCUT2D eigenvalue weighted by atomic mass is 9.88. The summed E-state index contributed by atoms with van der Waals surface area (Å²) in [4.78, 5) is 0. The third-order valence-electron chi connectivity index (χ3n) is 8.40. The van der Waals surface area contributed by atoms with Crippen LogP contribution >= 0.6 is 0 Å². The fraction of sp³-hybridized carbons (Fsp3) is 0.806. The maximum atomic E-state index is 6.63. The number of rotatable bonds is 14. The maximum Gasteiger partial charge on any atom is 0.158 e. The molecule has 0 aromatic rings. The van der Waals surface area contributed by atoms with Crippen LogP contribution in [0.5, 0.6) is 0 Å². The Hall–Kier alpha value is -0.940. The van der Waals surface area contributed by atoms with E-state index in [1.54, 1.807) is 5.57 Å². The van der Waals surface area contributed by atoms with Crippen molar-refractivity contribution in [2.24, 2.45) is 17.8 Å². The van der Waals surface area contributed by atoms with Gasteiger partial charge in [-0.2, -0.15) is 0 Å². The van der Waals surface area contributed by atoms with Gasteiger partial charge in [0.1, 0.15) is 0 Å². The molecule has 0 radical (unpaired) electrons. The average molecular weight is 487 g/mol.